The minimum Gasteiger partial charge on any atom is -0.397 e. The maximum absolute atomic E-state index is 12.8. The fraction of sp³-hybridized carbons (Fsp3) is 0.250. The molecule has 0 radical (unpaired) electrons. The van der Waals surface area contributed by atoms with E-state index in [9.17, 15) is 4.79 Å². The summed E-state index contributed by atoms with van der Waals surface area (Å²) in [5, 5.41) is 15.9. The van der Waals surface area contributed by atoms with Gasteiger partial charge in [-0.05, 0) is 25.0 Å². The van der Waals surface area contributed by atoms with Gasteiger partial charge in [-0.2, -0.15) is 9.78 Å². The normalized spacial score (nSPS) is 16.7. The molecule has 5 rings (SSSR count). The maximum atomic E-state index is 12.8. The monoisotopic (exact) mass is 404 g/mol. The minimum atomic E-state index is -0.513. The third kappa shape index (κ3) is 3.37. The number of pyridine rings is 1. The number of carbonyl (C=O) groups excluding carboxylic acids is 1. The Hall–Kier alpha value is -3.79. The second-order valence-corrected chi connectivity index (χ2v) is 7.20. The van der Waals surface area contributed by atoms with Crippen molar-refractivity contribution in [3.8, 4) is 6.01 Å². The highest BCUT2D eigenvalue weighted by atomic mass is 16.4. The first-order chi connectivity index (χ1) is 14.7. The summed E-state index contributed by atoms with van der Waals surface area (Å²) in [6.45, 7) is 1.60. The Kier molecular flexibility index (Phi) is 4.60. The van der Waals surface area contributed by atoms with E-state index in [1.54, 1.807) is 18.6 Å². The van der Waals surface area contributed by atoms with E-state index in [1.807, 2.05) is 30.3 Å². The van der Waals surface area contributed by atoms with Crippen LogP contribution < -0.4 is 16.0 Å². The third-order valence-corrected chi connectivity index (χ3v) is 5.11. The van der Waals surface area contributed by atoms with Crippen molar-refractivity contribution in [3.63, 3.8) is 0 Å². The second-order valence-electron chi connectivity index (χ2n) is 7.20. The van der Waals surface area contributed by atoms with E-state index >= 15 is 0 Å². The van der Waals surface area contributed by atoms with Gasteiger partial charge in [0.2, 0.25) is 0 Å². The van der Waals surface area contributed by atoms with Crippen LogP contribution in [0.2, 0.25) is 0 Å². The topological polar surface area (TPSA) is 128 Å². The van der Waals surface area contributed by atoms with Crippen LogP contribution in [-0.4, -0.2) is 50.0 Å². The zero-order chi connectivity index (χ0) is 20.5. The highest BCUT2D eigenvalue weighted by Gasteiger charge is 2.22. The van der Waals surface area contributed by atoms with Crippen molar-refractivity contribution < 1.29 is 9.21 Å². The van der Waals surface area contributed by atoms with Crippen LogP contribution in [-0.2, 0) is 0 Å². The molecule has 3 N–H and O–H groups in total. The number of hydrogen-bond acceptors (Lipinski definition) is 8. The van der Waals surface area contributed by atoms with Gasteiger partial charge < -0.3 is 20.4 Å². The fourth-order valence-electron chi connectivity index (χ4n) is 3.68. The van der Waals surface area contributed by atoms with Crippen molar-refractivity contribution >= 4 is 28.2 Å². The standard InChI is InChI=1S/C20H20N8O2/c21-14-5-3-9-27(12-14)17-7-8-22-11-15(17)24-18(29)19-25-26-20(30-19)28-16-6-2-1-4-13(16)10-23-28/h1-2,4,6-8,10-11,14H,3,5,9,12,21H2,(H,24,29). The van der Waals surface area contributed by atoms with Crippen LogP contribution in [0.5, 0.6) is 0 Å². The summed E-state index contributed by atoms with van der Waals surface area (Å²) in [4.78, 5) is 19.0. The maximum Gasteiger partial charge on any atom is 0.344 e. The van der Waals surface area contributed by atoms with Crippen molar-refractivity contribution in [2.45, 2.75) is 18.9 Å². The molecule has 152 valence electrons. The Morgan fingerprint density at radius 2 is 2.10 bits per heavy atom. The van der Waals surface area contributed by atoms with Crippen molar-refractivity contribution in [2.75, 3.05) is 23.3 Å². The van der Waals surface area contributed by atoms with E-state index in [0.717, 1.165) is 42.5 Å². The summed E-state index contributed by atoms with van der Waals surface area (Å²) in [6, 6.07) is 9.72. The number of para-hydroxylation sites is 1. The van der Waals surface area contributed by atoms with Crippen LogP contribution in [0.1, 0.15) is 23.5 Å². The quantitative estimate of drug-likeness (QED) is 0.528. The molecule has 0 spiro atoms. The van der Waals surface area contributed by atoms with Gasteiger partial charge in [0.1, 0.15) is 0 Å². The number of nitrogens with one attached hydrogen (secondary N) is 1. The molecule has 1 atom stereocenters. The molecular formula is C20H20N8O2. The molecule has 1 fully saturated rings. The summed E-state index contributed by atoms with van der Waals surface area (Å²) in [6.07, 6.45) is 6.99. The Bertz CT molecular complexity index is 1200. The number of fused-ring (bicyclic) bond motifs is 1. The van der Waals surface area contributed by atoms with Gasteiger partial charge in [0.25, 0.3) is 0 Å². The molecule has 0 saturated carbocycles. The Balaban J connectivity index is 1.38. The lowest BCUT2D eigenvalue weighted by Crippen LogP contribution is -2.43. The summed E-state index contributed by atoms with van der Waals surface area (Å²) in [7, 11) is 0. The molecule has 1 unspecified atom stereocenters. The number of nitrogens with two attached hydrogens (primary N) is 1. The molecular weight excluding hydrogens is 384 g/mol. The molecule has 4 heterocycles. The van der Waals surface area contributed by atoms with Crippen LogP contribution in [0.3, 0.4) is 0 Å². The molecule has 1 aliphatic rings. The Morgan fingerprint density at radius 1 is 1.20 bits per heavy atom. The molecule has 0 bridgehead atoms. The predicted octanol–water partition coefficient (Wildman–Crippen LogP) is 1.98. The van der Waals surface area contributed by atoms with Crippen LogP contribution in [0.15, 0.2) is 53.3 Å². The van der Waals surface area contributed by atoms with Gasteiger partial charge in [0, 0.05) is 30.7 Å². The summed E-state index contributed by atoms with van der Waals surface area (Å²) in [5.74, 6) is -0.671. The Labute approximate surface area is 171 Å². The van der Waals surface area contributed by atoms with E-state index in [2.05, 4.69) is 30.5 Å². The molecule has 10 nitrogen and oxygen atoms in total. The first-order valence-corrected chi connectivity index (χ1v) is 9.71. The smallest absolute Gasteiger partial charge is 0.344 e. The molecule has 4 aromatic rings. The van der Waals surface area contributed by atoms with Gasteiger partial charge in [-0.3, -0.25) is 9.78 Å². The molecule has 0 aliphatic carbocycles. The van der Waals surface area contributed by atoms with Gasteiger partial charge in [0.05, 0.1) is 29.3 Å². The van der Waals surface area contributed by atoms with E-state index in [-0.39, 0.29) is 17.9 Å². The van der Waals surface area contributed by atoms with Crippen LogP contribution in [0, 0.1) is 0 Å². The van der Waals surface area contributed by atoms with Crippen LogP contribution >= 0.6 is 0 Å². The number of benzene rings is 1. The van der Waals surface area contributed by atoms with Gasteiger partial charge in [-0.15, -0.1) is 5.10 Å². The van der Waals surface area contributed by atoms with Crippen LogP contribution in [0.25, 0.3) is 16.9 Å². The molecule has 1 aliphatic heterocycles. The van der Waals surface area contributed by atoms with Crippen LogP contribution in [0.4, 0.5) is 11.4 Å². The van der Waals surface area contributed by atoms with E-state index < -0.39 is 5.91 Å². The number of nitrogens with zero attached hydrogens (tertiary/aromatic N) is 6. The molecule has 10 heteroatoms. The lowest BCUT2D eigenvalue weighted by Gasteiger charge is -2.33. The SMILES string of the molecule is NC1CCCN(c2ccncc2NC(=O)c2nnc(-n3ncc4ccccc43)o2)C1. The van der Waals surface area contributed by atoms with E-state index in [4.69, 9.17) is 10.2 Å². The highest BCUT2D eigenvalue weighted by molar-refractivity contribution is 6.02. The van der Waals surface area contributed by atoms with Crippen molar-refractivity contribution in [1.29, 1.82) is 0 Å². The number of rotatable bonds is 4. The average molecular weight is 404 g/mol. The number of amides is 1. The largest absolute Gasteiger partial charge is 0.397 e. The van der Waals surface area contributed by atoms with Crippen molar-refractivity contribution in [3.05, 3.63) is 54.8 Å². The molecule has 3 aromatic heterocycles. The molecule has 1 amide bonds. The van der Waals surface area contributed by atoms with Crippen molar-refractivity contribution in [1.82, 2.24) is 25.0 Å². The van der Waals surface area contributed by atoms with E-state index in [0.29, 0.717) is 5.69 Å². The molecule has 1 saturated heterocycles. The van der Waals surface area contributed by atoms with Gasteiger partial charge in [-0.1, -0.05) is 23.3 Å². The molecule has 1 aromatic carbocycles. The third-order valence-electron chi connectivity index (χ3n) is 5.11. The fourth-order valence-corrected chi connectivity index (χ4v) is 3.68. The zero-order valence-corrected chi connectivity index (χ0v) is 16.1. The lowest BCUT2D eigenvalue weighted by molar-refractivity contribution is 0.0989. The molecule has 30 heavy (non-hydrogen) atoms. The highest BCUT2D eigenvalue weighted by Crippen LogP contribution is 2.27. The summed E-state index contributed by atoms with van der Waals surface area (Å²) >= 11 is 0. The first-order valence-electron chi connectivity index (χ1n) is 9.71. The predicted molar refractivity (Wildman–Crippen MR) is 111 cm³/mol. The van der Waals surface area contributed by atoms with E-state index in [1.165, 1.54) is 4.68 Å². The second kappa shape index (κ2) is 7.56. The zero-order valence-electron chi connectivity index (χ0n) is 16.1. The summed E-state index contributed by atoms with van der Waals surface area (Å²) in [5.41, 5.74) is 8.35. The van der Waals surface area contributed by atoms with Gasteiger partial charge >= 0.3 is 17.8 Å². The number of piperidine rings is 1. The first kappa shape index (κ1) is 18.3. The minimum absolute atomic E-state index is 0.109. The van der Waals surface area contributed by atoms with Gasteiger partial charge in [-0.25, -0.2) is 0 Å². The van der Waals surface area contributed by atoms with Crippen molar-refractivity contribution in [2.24, 2.45) is 5.73 Å². The lowest BCUT2D eigenvalue weighted by atomic mass is 10.1. The summed E-state index contributed by atoms with van der Waals surface area (Å²) < 4.78 is 7.09. The number of aromatic nitrogens is 5. The number of carbonyl (C=O) groups is 1. The van der Waals surface area contributed by atoms with Gasteiger partial charge in [0.15, 0.2) is 0 Å². The Morgan fingerprint density at radius 3 is 3.00 bits per heavy atom. The average Bonchev–Trinajstić information content (AvgIpc) is 3.41. The number of hydrogen-bond donors (Lipinski definition) is 2. The number of anilines is 2.